The summed E-state index contributed by atoms with van der Waals surface area (Å²) >= 11 is 8.40. The molecule has 0 bridgehead atoms. The zero-order valence-electron chi connectivity index (χ0n) is 19.1. The number of hydrogen-bond donors (Lipinski definition) is 1. The third kappa shape index (κ3) is 6.31. The summed E-state index contributed by atoms with van der Waals surface area (Å²) in [5.41, 5.74) is 4.08. The van der Waals surface area contributed by atoms with Gasteiger partial charge in [-0.25, -0.2) is 0 Å². The number of carbonyl (C=O) groups excluding carboxylic acids is 1. The van der Waals surface area contributed by atoms with Gasteiger partial charge in [-0.2, -0.15) is 5.26 Å². The fourth-order valence-corrected chi connectivity index (χ4v) is 4.32. The second kappa shape index (κ2) is 11.9. The first-order valence-electron chi connectivity index (χ1n) is 10.7. The van der Waals surface area contributed by atoms with Gasteiger partial charge in [0.05, 0.1) is 10.2 Å². The summed E-state index contributed by atoms with van der Waals surface area (Å²) in [4.78, 5) is 12.8. The van der Waals surface area contributed by atoms with E-state index in [0.717, 1.165) is 20.3 Å². The second-order valence-corrected chi connectivity index (χ2v) is 9.10. The maximum absolute atomic E-state index is 12.8. The Morgan fingerprint density at radius 2 is 1.82 bits per heavy atom. The molecule has 0 spiro atoms. The van der Waals surface area contributed by atoms with E-state index in [4.69, 9.17) is 21.1 Å². The molecule has 3 aromatic carbocycles. The van der Waals surface area contributed by atoms with Crippen molar-refractivity contribution in [2.45, 2.75) is 27.4 Å². The average Bonchev–Trinajstić information content (AvgIpc) is 2.80. The molecule has 3 rings (SSSR count). The number of nitrogens with zero attached hydrogens (tertiary/aromatic N) is 1. The Morgan fingerprint density at radius 3 is 2.47 bits per heavy atom. The standard InChI is InChI=1S/C27H24ClIN2O3/c1-4-33-24-14-19(13-23(29)26(24)34-16-20-10-5-6-11-22(20)28)12-21(15-30)27(32)31-25-17(2)8-7-9-18(25)3/h5-14H,4,16H2,1-3H3,(H,31,32)/b21-12-. The number of amides is 1. The molecule has 3 aromatic rings. The summed E-state index contributed by atoms with van der Waals surface area (Å²) in [7, 11) is 0. The second-order valence-electron chi connectivity index (χ2n) is 7.53. The van der Waals surface area contributed by atoms with Gasteiger partial charge in [0.1, 0.15) is 18.2 Å². The first kappa shape index (κ1) is 25.6. The van der Waals surface area contributed by atoms with Crippen LogP contribution in [0.2, 0.25) is 5.02 Å². The van der Waals surface area contributed by atoms with Gasteiger partial charge in [0, 0.05) is 16.3 Å². The van der Waals surface area contributed by atoms with E-state index in [2.05, 4.69) is 27.9 Å². The number of benzene rings is 3. The van der Waals surface area contributed by atoms with Crippen molar-refractivity contribution in [1.29, 1.82) is 5.26 Å². The third-order valence-corrected chi connectivity index (χ3v) is 6.23. The molecule has 5 nitrogen and oxygen atoms in total. The Kier molecular flexibility index (Phi) is 8.97. The van der Waals surface area contributed by atoms with Gasteiger partial charge in [0.2, 0.25) is 0 Å². The summed E-state index contributed by atoms with van der Waals surface area (Å²) in [6, 6.07) is 18.8. The molecule has 7 heteroatoms. The molecule has 0 aromatic heterocycles. The summed E-state index contributed by atoms with van der Waals surface area (Å²) in [6.07, 6.45) is 1.55. The van der Waals surface area contributed by atoms with E-state index < -0.39 is 5.91 Å². The van der Waals surface area contributed by atoms with Crippen molar-refractivity contribution in [1.82, 2.24) is 0 Å². The van der Waals surface area contributed by atoms with Gasteiger partial charge in [-0.3, -0.25) is 4.79 Å². The number of ether oxygens (including phenoxy) is 2. The van der Waals surface area contributed by atoms with E-state index >= 15 is 0 Å². The van der Waals surface area contributed by atoms with Crippen LogP contribution in [0.3, 0.4) is 0 Å². The van der Waals surface area contributed by atoms with E-state index in [-0.39, 0.29) is 12.2 Å². The molecule has 0 heterocycles. The average molecular weight is 587 g/mol. The minimum absolute atomic E-state index is 0.00867. The number of aryl methyl sites for hydroxylation is 2. The molecule has 34 heavy (non-hydrogen) atoms. The number of carbonyl (C=O) groups is 1. The summed E-state index contributed by atoms with van der Waals surface area (Å²) < 4.78 is 12.6. The SMILES string of the molecule is CCOc1cc(/C=C(/C#N)C(=O)Nc2c(C)cccc2C)cc(I)c1OCc1ccccc1Cl. The highest BCUT2D eigenvalue weighted by atomic mass is 127. The van der Waals surface area contributed by atoms with Gasteiger partial charge in [-0.05, 0) is 84.3 Å². The lowest BCUT2D eigenvalue weighted by Gasteiger charge is -2.15. The summed E-state index contributed by atoms with van der Waals surface area (Å²) in [6.45, 7) is 6.43. The zero-order chi connectivity index (χ0) is 24.7. The number of anilines is 1. The highest BCUT2D eigenvalue weighted by Gasteiger charge is 2.16. The van der Waals surface area contributed by atoms with Crippen LogP contribution in [0.5, 0.6) is 11.5 Å². The maximum Gasteiger partial charge on any atom is 0.266 e. The van der Waals surface area contributed by atoms with Crippen LogP contribution in [0, 0.1) is 28.7 Å². The van der Waals surface area contributed by atoms with Crippen LogP contribution in [0.15, 0.2) is 60.2 Å². The molecule has 0 aliphatic carbocycles. The van der Waals surface area contributed by atoms with E-state index in [9.17, 15) is 10.1 Å². The largest absolute Gasteiger partial charge is 0.490 e. The van der Waals surface area contributed by atoms with Crippen LogP contribution < -0.4 is 14.8 Å². The quantitative estimate of drug-likeness (QED) is 0.174. The van der Waals surface area contributed by atoms with Crippen molar-refractivity contribution < 1.29 is 14.3 Å². The Balaban J connectivity index is 1.88. The monoisotopic (exact) mass is 586 g/mol. The predicted octanol–water partition coefficient (Wildman–Crippen LogP) is 7.08. The number of halogens is 2. The van der Waals surface area contributed by atoms with Crippen LogP contribution in [0.1, 0.15) is 29.2 Å². The van der Waals surface area contributed by atoms with E-state index in [1.807, 2.05) is 75.4 Å². The van der Waals surface area contributed by atoms with E-state index in [1.165, 1.54) is 0 Å². The Hall–Kier alpha value is -3.02. The van der Waals surface area contributed by atoms with Gasteiger partial charge in [0.15, 0.2) is 11.5 Å². The van der Waals surface area contributed by atoms with Gasteiger partial charge >= 0.3 is 0 Å². The number of rotatable bonds is 8. The molecule has 0 atom stereocenters. The minimum atomic E-state index is -0.466. The number of para-hydroxylation sites is 1. The van der Waals surface area contributed by atoms with Crippen LogP contribution in [0.25, 0.3) is 6.08 Å². The van der Waals surface area contributed by atoms with Crippen LogP contribution >= 0.6 is 34.2 Å². The van der Waals surface area contributed by atoms with Crippen molar-refractivity contribution in [3.05, 3.63) is 91.0 Å². The van der Waals surface area contributed by atoms with Gasteiger partial charge in [-0.15, -0.1) is 0 Å². The van der Waals surface area contributed by atoms with Crippen LogP contribution in [0.4, 0.5) is 5.69 Å². The first-order valence-corrected chi connectivity index (χ1v) is 12.1. The van der Waals surface area contributed by atoms with E-state index in [1.54, 1.807) is 12.1 Å². The Bertz CT molecular complexity index is 1260. The molecular weight excluding hydrogens is 563 g/mol. The lowest BCUT2D eigenvalue weighted by Crippen LogP contribution is -2.15. The lowest BCUT2D eigenvalue weighted by molar-refractivity contribution is -0.112. The smallest absolute Gasteiger partial charge is 0.266 e. The molecule has 1 N–H and O–H groups in total. The highest BCUT2D eigenvalue weighted by Crippen LogP contribution is 2.36. The van der Waals surface area contributed by atoms with Gasteiger partial charge in [-0.1, -0.05) is 48.0 Å². The Morgan fingerprint density at radius 1 is 1.12 bits per heavy atom. The van der Waals surface area contributed by atoms with Crippen molar-refractivity contribution in [2.75, 3.05) is 11.9 Å². The van der Waals surface area contributed by atoms with Crippen LogP contribution in [-0.2, 0) is 11.4 Å². The van der Waals surface area contributed by atoms with Crippen LogP contribution in [-0.4, -0.2) is 12.5 Å². The van der Waals surface area contributed by atoms with Crippen molar-refractivity contribution in [3.63, 3.8) is 0 Å². The predicted molar refractivity (Wildman–Crippen MR) is 144 cm³/mol. The topological polar surface area (TPSA) is 71.3 Å². The minimum Gasteiger partial charge on any atom is -0.490 e. The molecule has 0 aliphatic rings. The molecule has 0 saturated heterocycles. The van der Waals surface area contributed by atoms with E-state index in [0.29, 0.717) is 34.4 Å². The fraction of sp³-hybridized carbons (Fsp3) is 0.185. The molecular formula is C27H24ClIN2O3. The van der Waals surface area contributed by atoms with Crippen molar-refractivity contribution in [3.8, 4) is 17.6 Å². The fourth-order valence-electron chi connectivity index (χ4n) is 3.35. The zero-order valence-corrected chi connectivity index (χ0v) is 22.0. The summed E-state index contributed by atoms with van der Waals surface area (Å²) in [5.74, 6) is 0.644. The molecule has 0 aliphatic heterocycles. The number of nitrogens with one attached hydrogen (secondary N) is 1. The van der Waals surface area contributed by atoms with Crippen molar-refractivity contribution in [2.24, 2.45) is 0 Å². The Labute approximate surface area is 218 Å². The highest BCUT2D eigenvalue weighted by molar-refractivity contribution is 14.1. The maximum atomic E-state index is 12.8. The van der Waals surface area contributed by atoms with Crippen molar-refractivity contribution >= 4 is 51.9 Å². The summed E-state index contributed by atoms with van der Waals surface area (Å²) in [5, 5.41) is 13.1. The third-order valence-electron chi connectivity index (χ3n) is 5.06. The first-order chi connectivity index (χ1) is 16.3. The molecule has 1 amide bonds. The molecule has 174 valence electrons. The number of hydrogen-bond acceptors (Lipinski definition) is 4. The molecule has 0 saturated carbocycles. The molecule has 0 unspecified atom stereocenters. The molecule has 0 radical (unpaired) electrons. The van der Waals surface area contributed by atoms with Gasteiger partial charge < -0.3 is 14.8 Å². The molecule has 0 fully saturated rings. The normalized spacial score (nSPS) is 11.0. The van der Waals surface area contributed by atoms with Gasteiger partial charge in [0.25, 0.3) is 5.91 Å². The lowest BCUT2D eigenvalue weighted by atomic mass is 10.1. The number of nitriles is 1.